The van der Waals surface area contributed by atoms with Crippen molar-refractivity contribution in [3.05, 3.63) is 34.9 Å². The Kier molecular flexibility index (Phi) is 4.18. The van der Waals surface area contributed by atoms with E-state index in [9.17, 15) is 4.79 Å². The predicted octanol–water partition coefficient (Wildman–Crippen LogP) is 2.24. The van der Waals surface area contributed by atoms with E-state index in [-0.39, 0.29) is 12.3 Å². The summed E-state index contributed by atoms with van der Waals surface area (Å²) < 4.78 is 5.01. The number of carbonyl (C=O) groups excluding carboxylic acids is 1. The first-order valence-electron chi connectivity index (χ1n) is 4.42. The highest BCUT2D eigenvalue weighted by molar-refractivity contribution is 6.32. The Morgan fingerprint density at radius 3 is 2.87 bits per heavy atom. The number of rotatable bonds is 4. The monoisotopic (exact) mass is 225 g/mol. The number of methoxy groups -OCH3 is 1. The summed E-state index contributed by atoms with van der Waals surface area (Å²) in [6, 6.07) is 5.38. The number of amides is 1. The Hall–Kier alpha value is -1.48. The minimum atomic E-state index is -0.356. The lowest BCUT2D eigenvalue weighted by atomic mass is 10.2. The normalized spacial score (nSPS) is 10.5. The van der Waals surface area contributed by atoms with Crippen LogP contribution < -0.4 is 10.5 Å². The number of hydrogen-bond acceptors (Lipinski definition) is 2. The third-order valence-electron chi connectivity index (χ3n) is 1.81. The summed E-state index contributed by atoms with van der Waals surface area (Å²) in [5.41, 5.74) is 5.90. The van der Waals surface area contributed by atoms with Gasteiger partial charge in [0.1, 0.15) is 5.75 Å². The first-order chi connectivity index (χ1) is 7.13. The SMILES string of the molecule is COc1ccc(C=CCC(N)=O)cc1Cl. The summed E-state index contributed by atoms with van der Waals surface area (Å²) >= 11 is 5.92. The van der Waals surface area contributed by atoms with Gasteiger partial charge in [0.05, 0.1) is 12.1 Å². The Labute approximate surface area is 93.5 Å². The molecule has 1 amide bonds. The summed E-state index contributed by atoms with van der Waals surface area (Å²) in [6.07, 6.45) is 3.71. The first-order valence-corrected chi connectivity index (χ1v) is 4.79. The zero-order valence-electron chi connectivity index (χ0n) is 8.37. The van der Waals surface area contributed by atoms with Crippen molar-refractivity contribution in [3.8, 4) is 5.75 Å². The maximum absolute atomic E-state index is 10.5. The van der Waals surface area contributed by atoms with E-state index in [0.717, 1.165) is 5.56 Å². The lowest BCUT2D eigenvalue weighted by Crippen LogP contribution is -2.07. The molecule has 1 rings (SSSR count). The molecule has 80 valence electrons. The van der Waals surface area contributed by atoms with Gasteiger partial charge in [0.15, 0.2) is 0 Å². The predicted molar refractivity (Wildman–Crippen MR) is 60.8 cm³/mol. The van der Waals surface area contributed by atoms with Crippen LogP contribution in [-0.2, 0) is 4.79 Å². The highest BCUT2D eigenvalue weighted by atomic mass is 35.5. The van der Waals surface area contributed by atoms with Crippen LogP contribution in [-0.4, -0.2) is 13.0 Å². The van der Waals surface area contributed by atoms with Gasteiger partial charge in [-0.1, -0.05) is 29.8 Å². The van der Waals surface area contributed by atoms with Crippen LogP contribution in [0.2, 0.25) is 5.02 Å². The topological polar surface area (TPSA) is 52.3 Å². The van der Waals surface area contributed by atoms with Crippen LogP contribution in [0.4, 0.5) is 0 Å². The van der Waals surface area contributed by atoms with Crippen molar-refractivity contribution in [3.63, 3.8) is 0 Å². The van der Waals surface area contributed by atoms with E-state index < -0.39 is 0 Å². The molecule has 0 atom stereocenters. The van der Waals surface area contributed by atoms with Gasteiger partial charge in [-0.2, -0.15) is 0 Å². The molecule has 1 aromatic rings. The summed E-state index contributed by atoms with van der Waals surface area (Å²) in [4.78, 5) is 10.5. The third kappa shape index (κ3) is 3.64. The van der Waals surface area contributed by atoms with E-state index in [0.29, 0.717) is 10.8 Å². The molecule has 4 heteroatoms. The van der Waals surface area contributed by atoms with Crippen LogP contribution in [0.5, 0.6) is 5.75 Å². The number of nitrogens with two attached hydrogens (primary N) is 1. The van der Waals surface area contributed by atoms with Crippen molar-refractivity contribution in [2.24, 2.45) is 5.73 Å². The molecule has 0 saturated carbocycles. The molecule has 0 aliphatic rings. The van der Waals surface area contributed by atoms with E-state index >= 15 is 0 Å². The molecule has 0 aliphatic heterocycles. The second-order valence-electron chi connectivity index (χ2n) is 2.97. The van der Waals surface area contributed by atoms with Crippen molar-refractivity contribution >= 4 is 23.6 Å². The number of benzene rings is 1. The van der Waals surface area contributed by atoms with Crippen molar-refractivity contribution in [1.29, 1.82) is 0 Å². The zero-order valence-corrected chi connectivity index (χ0v) is 9.12. The van der Waals surface area contributed by atoms with Crippen LogP contribution in [0.25, 0.3) is 6.08 Å². The number of halogens is 1. The zero-order chi connectivity index (χ0) is 11.3. The Balaban J connectivity index is 2.75. The quantitative estimate of drug-likeness (QED) is 0.855. The molecule has 3 nitrogen and oxygen atoms in total. The van der Waals surface area contributed by atoms with Crippen LogP contribution in [0.1, 0.15) is 12.0 Å². The highest BCUT2D eigenvalue weighted by Crippen LogP contribution is 2.25. The van der Waals surface area contributed by atoms with Crippen molar-refractivity contribution < 1.29 is 9.53 Å². The average molecular weight is 226 g/mol. The standard InChI is InChI=1S/C11H12ClNO2/c1-15-10-6-5-8(7-9(10)12)3-2-4-11(13)14/h2-3,5-7H,4H2,1H3,(H2,13,14). The largest absolute Gasteiger partial charge is 0.495 e. The molecule has 15 heavy (non-hydrogen) atoms. The van der Waals surface area contributed by atoms with Gasteiger partial charge in [0, 0.05) is 6.42 Å². The highest BCUT2D eigenvalue weighted by Gasteiger charge is 1.99. The van der Waals surface area contributed by atoms with E-state index in [4.69, 9.17) is 22.1 Å². The van der Waals surface area contributed by atoms with E-state index in [1.807, 2.05) is 6.07 Å². The molecule has 1 aromatic carbocycles. The number of primary amides is 1. The molecule has 0 spiro atoms. The first kappa shape index (κ1) is 11.6. The fraction of sp³-hybridized carbons (Fsp3) is 0.182. The molecule has 0 aliphatic carbocycles. The lowest BCUT2D eigenvalue weighted by molar-refractivity contribution is -0.117. The van der Waals surface area contributed by atoms with Gasteiger partial charge < -0.3 is 10.5 Å². The fourth-order valence-corrected chi connectivity index (χ4v) is 1.36. The Morgan fingerprint density at radius 2 is 2.33 bits per heavy atom. The van der Waals surface area contributed by atoms with E-state index in [2.05, 4.69) is 0 Å². The molecule has 0 heterocycles. The molecule has 0 fully saturated rings. The maximum atomic E-state index is 10.5. The van der Waals surface area contributed by atoms with Crippen LogP contribution in [0.15, 0.2) is 24.3 Å². The second kappa shape index (κ2) is 5.41. The molecule has 0 saturated heterocycles. The number of ether oxygens (including phenoxy) is 1. The smallest absolute Gasteiger partial charge is 0.221 e. The number of carbonyl (C=O) groups is 1. The van der Waals surface area contributed by atoms with Gasteiger partial charge in [-0.05, 0) is 17.7 Å². The van der Waals surface area contributed by atoms with Gasteiger partial charge in [0.25, 0.3) is 0 Å². The minimum Gasteiger partial charge on any atom is -0.495 e. The van der Waals surface area contributed by atoms with Crippen molar-refractivity contribution in [1.82, 2.24) is 0 Å². The summed E-state index contributed by atoms with van der Waals surface area (Å²) in [5.74, 6) is 0.273. The maximum Gasteiger partial charge on any atom is 0.221 e. The average Bonchev–Trinajstić information content (AvgIpc) is 2.17. The summed E-state index contributed by atoms with van der Waals surface area (Å²) in [5, 5.41) is 0.540. The fourth-order valence-electron chi connectivity index (χ4n) is 1.10. The molecular formula is C11H12ClNO2. The second-order valence-corrected chi connectivity index (χ2v) is 3.37. The minimum absolute atomic E-state index is 0.226. The summed E-state index contributed by atoms with van der Waals surface area (Å²) in [7, 11) is 1.56. The third-order valence-corrected chi connectivity index (χ3v) is 2.10. The van der Waals surface area contributed by atoms with E-state index in [1.165, 1.54) is 0 Å². The van der Waals surface area contributed by atoms with Gasteiger partial charge in [0.2, 0.25) is 5.91 Å². The lowest BCUT2D eigenvalue weighted by Gasteiger charge is -2.02. The van der Waals surface area contributed by atoms with Crippen molar-refractivity contribution in [2.45, 2.75) is 6.42 Å². The Morgan fingerprint density at radius 1 is 1.60 bits per heavy atom. The molecule has 0 radical (unpaired) electrons. The molecule has 2 N–H and O–H groups in total. The van der Waals surface area contributed by atoms with Gasteiger partial charge in [-0.3, -0.25) is 4.79 Å². The molecular weight excluding hydrogens is 214 g/mol. The van der Waals surface area contributed by atoms with Crippen LogP contribution in [0, 0.1) is 0 Å². The van der Waals surface area contributed by atoms with Gasteiger partial charge in [-0.15, -0.1) is 0 Å². The number of hydrogen-bond donors (Lipinski definition) is 1. The van der Waals surface area contributed by atoms with E-state index in [1.54, 1.807) is 31.4 Å². The van der Waals surface area contributed by atoms with Gasteiger partial charge >= 0.3 is 0 Å². The van der Waals surface area contributed by atoms with Crippen LogP contribution >= 0.6 is 11.6 Å². The van der Waals surface area contributed by atoms with Crippen LogP contribution in [0.3, 0.4) is 0 Å². The van der Waals surface area contributed by atoms with Gasteiger partial charge in [-0.25, -0.2) is 0 Å². The molecule has 0 unspecified atom stereocenters. The van der Waals surface area contributed by atoms with Crippen molar-refractivity contribution in [2.75, 3.05) is 7.11 Å². The Bertz CT molecular complexity index is 388. The molecule has 0 bridgehead atoms. The summed E-state index contributed by atoms with van der Waals surface area (Å²) in [6.45, 7) is 0. The molecule has 0 aromatic heterocycles.